The van der Waals surface area contributed by atoms with Gasteiger partial charge in [0.25, 0.3) is 0 Å². The molecule has 7 heteroatoms. The molecule has 2 N–H and O–H groups in total. The lowest BCUT2D eigenvalue weighted by Crippen LogP contribution is -2.45. The highest BCUT2D eigenvalue weighted by Crippen LogP contribution is 2.21. The summed E-state index contributed by atoms with van der Waals surface area (Å²) in [6, 6.07) is 11.7. The molecule has 0 aliphatic heterocycles. The number of halogens is 2. The average molecular weight is 390 g/mol. The first-order chi connectivity index (χ1) is 13.3. The molecule has 0 radical (unpaired) electrons. The summed E-state index contributed by atoms with van der Waals surface area (Å²) < 4.78 is 26.6. The maximum Gasteiger partial charge on any atom is 0.317 e. The largest absolute Gasteiger partial charge is 0.481 e. The number of carboxylic acid groups (broad SMARTS) is 1. The number of amides is 2. The molecular formula is C21H24F2N2O3. The molecule has 0 aliphatic carbocycles. The lowest BCUT2D eigenvalue weighted by atomic mass is 10.0. The smallest absolute Gasteiger partial charge is 0.317 e. The Kier molecular flexibility index (Phi) is 7.49. The molecule has 2 aromatic rings. The van der Waals surface area contributed by atoms with E-state index in [1.807, 2.05) is 30.3 Å². The summed E-state index contributed by atoms with van der Waals surface area (Å²) in [7, 11) is 1.55. The van der Waals surface area contributed by atoms with E-state index in [-0.39, 0.29) is 18.9 Å². The number of nitrogens with one attached hydrogen (secondary N) is 1. The van der Waals surface area contributed by atoms with E-state index in [0.29, 0.717) is 12.0 Å². The Morgan fingerprint density at radius 2 is 1.79 bits per heavy atom. The van der Waals surface area contributed by atoms with Crippen molar-refractivity contribution >= 4 is 12.0 Å². The van der Waals surface area contributed by atoms with E-state index in [1.54, 1.807) is 14.0 Å². The third kappa shape index (κ3) is 6.04. The number of aliphatic carboxylic acids is 1. The highest BCUT2D eigenvalue weighted by Gasteiger charge is 2.22. The molecule has 2 rings (SSSR count). The molecule has 0 saturated carbocycles. The Balaban J connectivity index is 2.07. The molecule has 0 aromatic heterocycles. The van der Waals surface area contributed by atoms with Crippen LogP contribution in [0.5, 0.6) is 0 Å². The van der Waals surface area contributed by atoms with E-state index >= 15 is 0 Å². The van der Waals surface area contributed by atoms with Crippen LogP contribution in [0.25, 0.3) is 0 Å². The summed E-state index contributed by atoms with van der Waals surface area (Å²) in [4.78, 5) is 25.0. The fourth-order valence-corrected chi connectivity index (χ4v) is 2.87. The van der Waals surface area contributed by atoms with Gasteiger partial charge < -0.3 is 15.3 Å². The monoisotopic (exact) mass is 390 g/mol. The number of carboxylic acids is 1. The van der Waals surface area contributed by atoms with Crippen molar-refractivity contribution in [3.8, 4) is 0 Å². The van der Waals surface area contributed by atoms with Crippen LogP contribution in [0.15, 0.2) is 48.5 Å². The molecule has 150 valence electrons. The van der Waals surface area contributed by atoms with Crippen LogP contribution < -0.4 is 5.32 Å². The van der Waals surface area contributed by atoms with E-state index in [9.17, 15) is 18.4 Å². The van der Waals surface area contributed by atoms with E-state index in [1.165, 1.54) is 11.0 Å². The van der Waals surface area contributed by atoms with E-state index in [4.69, 9.17) is 5.11 Å². The molecule has 0 heterocycles. The zero-order valence-electron chi connectivity index (χ0n) is 15.9. The molecule has 2 amide bonds. The van der Waals surface area contributed by atoms with Crippen molar-refractivity contribution in [2.45, 2.75) is 38.3 Å². The van der Waals surface area contributed by atoms with Gasteiger partial charge in [-0.2, -0.15) is 0 Å². The fraction of sp³-hybridized carbons (Fsp3) is 0.333. The first-order valence-electron chi connectivity index (χ1n) is 9.02. The minimum Gasteiger partial charge on any atom is -0.481 e. The van der Waals surface area contributed by atoms with Gasteiger partial charge >= 0.3 is 12.0 Å². The summed E-state index contributed by atoms with van der Waals surface area (Å²) in [5, 5.41) is 11.8. The van der Waals surface area contributed by atoms with Crippen molar-refractivity contribution in [2.24, 2.45) is 0 Å². The second-order valence-electron chi connectivity index (χ2n) is 6.73. The molecule has 0 fully saturated rings. The fourth-order valence-electron chi connectivity index (χ4n) is 2.87. The SMILES string of the molecule is CC(c1ccc(F)c(F)c1)N(C)C(=O)NC(CCC(=O)O)Cc1ccccc1. The van der Waals surface area contributed by atoms with Gasteiger partial charge in [0.1, 0.15) is 0 Å². The maximum absolute atomic E-state index is 13.5. The molecule has 0 aliphatic rings. The molecule has 28 heavy (non-hydrogen) atoms. The summed E-state index contributed by atoms with van der Waals surface area (Å²) >= 11 is 0. The highest BCUT2D eigenvalue weighted by atomic mass is 19.2. The van der Waals surface area contributed by atoms with Crippen LogP contribution in [0.4, 0.5) is 13.6 Å². The van der Waals surface area contributed by atoms with Gasteiger partial charge in [0.2, 0.25) is 0 Å². The first-order valence-corrected chi connectivity index (χ1v) is 9.02. The molecule has 2 aromatic carbocycles. The Bertz CT molecular complexity index is 815. The van der Waals surface area contributed by atoms with Crippen molar-refractivity contribution in [2.75, 3.05) is 7.05 Å². The van der Waals surface area contributed by atoms with Gasteiger partial charge in [0.05, 0.1) is 6.04 Å². The van der Waals surface area contributed by atoms with Crippen molar-refractivity contribution in [3.05, 3.63) is 71.3 Å². The number of rotatable bonds is 8. The van der Waals surface area contributed by atoms with Gasteiger partial charge in [-0.25, -0.2) is 13.6 Å². The van der Waals surface area contributed by atoms with Crippen molar-refractivity contribution in [3.63, 3.8) is 0 Å². The summed E-state index contributed by atoms with van der Waals surface area (Å²) in [5.41, 5.74) is 1.44. The van der Waals surface area contributed by atoms with Gasteiger partial charge in [-0.3, -0.25) is 4.79 Å². The zero-order valence-corrected chi connectivity index (χ0v) is 15.9. The van der Waals surface area contributed by atoms with Crippen molar-refractivity contribution < 1.29 is 23.5 Å². The van der Waals surface area contributed by atoms with Crippen molar-refractivity contribution in [1.29, 1.82) is 0 Å². The molecular weight excluding hydrogens is 366 g/mol. The maximum atomic E-state index is 13.5. The van der Waals surface area contributed by atoms with Gasteiger partial charge in [0, 0.05) is 19.5 Å². The van der Waals surface area contributed by atoms with Crippen LogP contribution >= 0.6 is 0 Å². The number of nitrogens with zero attached hydrogens (tertiary/aromatic N) is 1. The van der Waals surface area contributed by atoms with Crippen LogP contribution in [-0.2, 0) is 11.2 Å². The van der Waals surface area contributed by atoms with Crippen LogP contribution in [0.1, 0.15) is 36.9 Å². The number of carbonyl (C=O) groups excluding carboxylic acids is 1. The second-order valence-corrected chi connectivity index (χ2v) is 6.73. The van der Waals surface area contributed by atoms with Gasteiger partial charge in [0.15, 0.2) is 11.6 Å². The Morgan fingerprint density at radius 3 is 2.39 bits per heavy atom. The Hall–Kier alpha value is -2.96. The lowest BCUT2D eigenvalue weighted by molar-refractivity contribution is -0.137. The third-order valence-corrected chi connectivity index (χ3v) is 4.69. The normalized spacial score (nSPS) is 12.9. The number of urea groups is 1. The Morgan fingerprint density at radius 1 is 1.11 bits per heavy atom. The predicted molar refractivity (Wildman–Crippen MR) is 102 cm³/mol. The van der Waals surface area contributed by atoms with Gasteiger partial charge in [-0.05, 0) is 43.0 Å². The second kappa shape index (κ2) is 9.82. The number of carbonyl (C=O) groups is 2. The molecule has 2 unspecified atom stereocenters. The highest BCUT2D eigenvalue weighted by molar-refractivity contribution is 5.75. The standard InChI is InChI=1S/C21H24F2N2O3/c1-14(16-8-10-18(22)19(23)13-16)25(2)21(28)24-17(9-11-20(26)27)12-15-6-4-3-5-7-15/h3-8,10,13-14,17H,9,11-12H2,1-2H3,(H,24,28)(H,26,27). The Labute approximate surface area is 163 Å². The van der Waals surface area contributed by atoms with Crippen LogP contribution in [0, 0.1) is 11.6 Å². The van der Waals surface area contributed by atoms with Gasteiger partial charge in [-0.1, -0.05) is 36.4 Å². The van der Waals surface area contributed by atoms with E-state index in [0.717, 1.165) is 17.7 Å². The topological polar surface area (TPSA) is 69.6 Å². The zero-order chi connectivity index (χ0) is 20.7. The van der Waals surface area contributed by atoms with E-state index in [2.05, 4.69) is 5.32 Å². The first kappa shape index (κ1) is 21.3. The molecule has 0 saturated heterocycles. The van der Waals surface area contributed by atoms with E-state index < -0.39 is 29.7 Å². The summed E-state index contributed by atoms with van der Waals surface area (Å²) in [6.07, 6.45) is 0.705. The molecule has 0 spiro atoms. The minimum atomic E-state index is -0.971. The number of benzene rings is 2. The third-order valence-electron chi connectivity index (χ3n) is 4.69. The van der Waals surface area contributed by atoms with Crippen LogP contribution in [0.3, 0.4) is 0 Å². The lowest BCUT2D eigenvalue weighted by Gasteiger charge is -2.28. The predicted octanol–water partition coefficient (Wildman–Crippen LogP) is 4.14. The molecule has 0 bridgehead atoms. The van der Waals surface area contributed by atoms with Crippen LogP contribution in [-0.4, -0.2) is 35.1 Å². The molecule has 2 atom stereocenters. The minimum absolute atomic E-state index is 0.0692. The van der Waals surface area contributed by atoms with Crippen LogP contribution in [0.2, 0.25) is 0 Å². The summed E-state index contributed by atoms with van der Waals surface area (Å²) in [6.45, 7) is 1.70. The number of hydrogen-bond acceptors (Lipinski definition) is 2. The quantitative estimate of drug-likeness (QED) is 0.712. The van der Waals surface area contributed by atoms with Gasteiger partial charge in [-0.15, -0.1) is 0 Å². The molecule has 5 nitrogen and oxygen atoms in total. The summed E-state index contributed by atoms with van der Waals surface area (Å²) in [5.74, 6) is -2.85. The number of hydrogen-bond donors (Lipinski definition) is 2. The van der Waals surface area contributed by atoms with Crippen molar-refractivity contribution in [1.82, 2.24) is 10.2 Å². The average Bonchev–Trinajstić information content (AvgIpc) is 2.67.